The fourth-order valence-electron chi connectivity index (χ4n) is 3.35. The van der Waals surface area contributed by atoms with Crippen LogP contribution in [-0.2, 0) is 13.1 Å². The van der Waals surface area contributed by atoms with Gasteiger partial charge in [0.2, 0.25) is 0 Å². The van der Waals surface area contributed by atoms with E-state index in [0.717, 1.165) is 50.5 Å². The maximum absolute atomic E-state index is 13.8. The number of likely N-dealkylation sites (tertiary alicyclic amines) is 1. The van der Waals surface area contributed by atoms with Crippen LogP contribution in [0.25, 0.3) is 0 Å². The van der Waals surface area contributed by atoms with Gasteiger partial charge in [0.05, 0.1) is 6.54 Å². The van der Waals surface area contributed by atoms with Crippen LogP contribution in [-0.4, -0.2) is 37.0 Å². The summed E-state index contributed by atoms with van der Waals surface area (Å²) in [5.74, 6) is 1.42. The molecule has 1 aromatic carbocycles. The Hall–Kier alpha value is -1.92. The predicted molar refractivity (Wildman–Crippen MR) is 112 cm³/mol. The van der Waals surface area contributed by atoms with Gasteiger partial charge in [-0.2, -0.15) is 11.3 Å². The van der Waals surface area contributed by atoms with Crippen molar-refractivity contribution in [1.29, 1.82) is 0 Å². The number of benzene rings is 1. The average molecular weight is 389 g/mol. The Morgan fingerprint density at radius 1 is 1.22 bits per heavy atom. The molecule has 2 aromatic rings. The molecule has 0 spiro atoms. The van der Waals surface area contributed by atoms with Crippen LogP contribution in [0.1, 0.15) is 30.9 Å². The third-order valence-corrected chi connectivity index (χ3v) is 5.69. The van der Waals surface area contributed by atoms with Gasteiger partial charge in [-0.1, -0.05) is 18.2 Å². The molecule has 0 amide bonds. The fraction of sp³-hybridized carbons (Fsp3) is 0.476. The van der Waals surface area contributed by atoms with Crippen molar-refractivity contribution in [3.8, 4) is 0 Å². The number of rotatable bonds is 7. The van der Waals surface area contributed by atoms with E-state index in [9.17, 15) is 4.39 Å². The van der Waals surface area contributed by atoms with E-state index in [-0.39, 0.29) is 5.82 Å². The van der Waals surface area contributed by atoms with Crippen molar-refractivity contribution in [2.45, 2.75) is 32.9 Å². The molecule has 1 aliphatic rings. The van der Waals surface area contributed by atoms with Crippen LogP contribution in [0.2, 0.25) is 0 Å². The Kier molecular flexibility index (Phi) is 7.66. The van der Waals surface area contributed by atoms with Crippen molar-refractivity contribution in [3.05, 3.63) is 58.0 Å². The number of halogens is 1. The number of piperidine rings is 1. The Morgan fingerprint density at radius 2 is 2.04 bits per heavy atom. The van der Waals surface area contributed by atoms with Crippen LogP contribution < -0.4 is 10.6 Å². The molecule has 3 rings (SSSR count). The lowest BCUT2D eigenvalue weighted by Gasteiger charge is -2.32. The second-order valence-electron chi connectivity index (χ2n) is 7.02. The molecule has 0 unspecified atom stereocenters. The number of thiophene rings is 1. The molecule has 1 aliphatic heterocycles. The molecule has 27 heavy (non-hydrogen) atoms. The molecule has 0 bridgehead atoms. The van der Waals surface area contributed by atoms with Crippen molar-refractivity contribution < 1.29 is 4.39 Å². The number of guanidine groups is 1. The molecule has 146 valence electrons. The van der Waals surface area contributed by atoms with Crippen molar-refractivity contribution in [2.24, 2.45) is 10.9 Å². The summed E-state index contributed by atoms with van der Waals surface area (Å²) in [6, 6.07) is 9.20. The second-order valence-corrected chi connectivity index (χ2v) is 7.80. The van der Waals surface area contributed by atoms with Gasteiger partial charge in [-0.05, 0) is 67.2 Å². The van der Waals surface area contributed by atoms with E-state index in [1.54, 1.807) is 23.5 Å². The number of nitrogens with one attached hydrogen (secondary N) is 2. The summed E-state index contributed by atoms with van der Waals surface area (Å²) >= 11 is 1.70. The van der Waals surface area contributed by atoms with E-state index in [1.165, 1.54) is 5.56 Å². The lowest BCUT2D eigenvalue weighted by molar-refractivity contribution is 0.176. The Labute approximate surface area is 165 Å². The van der Waals surface area contributed by atoms with E-state index in [0.29, 0.717) is 19.0 Å². The Morgan fingerprint density at radius 3 is 2.74 bits per heavy atom. The molecule has 0 saturated carbocycles. The van der Waals surface area contributed by atoms with Crippen molar-refractivity contribution in [3.63, 3.8) is 0 Å². The zero-order valence-corrected chi connectivity index (χ0v) is 16.8. The van der Waals surface area contributed by atoms with Gasteiger partial charge in [0, 0.05) is 25.2 Å². The molecule has 6 heteroatoms. The number of nitrogens with zero attached hydrogens (tertiary/aromatic N) is 2. The minimum absolute atomic E-state index is 0.0987. The van der Waals surface area contributed by atoms with Crippen LogP contribution in [0.4, 0.5) is 4.39 Å². The lowest BCUT2D eigenvalue weighted by Crippen LogP contribution is -2.42. The summed E-state index contributed by atoms with van der Waals surface area (Å²) in [7, 11) is 0. The summed E-state index contributed by atoms with van der Waals surface area (Å²) in [5, 5.41) is 11.0. The minimum Gasteiger partial charge on any atom is -0.357 e. The zero-order chi connectivity index (χ0) is 18.9. The van der Waals surface area contributed by atoms with Crippen molar-refractivity contribution >= 4 is 17.3 Å². The Bertz CT molecular complexity index is 709. The number of hydrogen-bond donors (Lipinski definition) is 2. The first-order valence-electron chi connectivity index (χ1n) is 9.73. The second kappa shape index (κ2) is 10.4. The van der Waals surface area contributed by atoms with Gasteiger partial charge < -0.3 is 10.6 Å². The topological polar surface area (TPSA) is 39.7 Å². The van der Waals surface area contributed by atoms with Gasteiger partial charge in [0.25, 0.3) is 0 Å². The zero-order valence-electron chi connectivity index (χ0n) is 16.0. The standard InChI is InChI=1S/C21H29FN4S/c1-2-23-21(25-14-18-9-12-27-16-18)24-13-17-7-10-26(11-8-17)15-19-5-3-4-6-20(19)22/h3-6,9,12,16-17H,2,7-8,10-11,13-15H2,1H3,(H2,23,24,25). The molecule has 2 N–H and O–H groups in total. The number of hydrogen-bond acceptors (Lipinski definition) is 3. The summed E-state index contributed by atoms with van der Waals surface area (Å²) in [6.07, 6.45) is 2.26. The molecule has 0 radical (unpaired) electrons. The van der Waals surface area contributed by atoms with E-state index >= 15 is 0 Å². The summed E-state index contributed by atoms with van der Waals surface area (Å²) in [6.45, 7) is 7.33. The van der Waals surface area contributed by atoms with Crippen LogP contribution in [0.5, 0.6) is 0 Å². The molecule has 1 aromatic heterocycles. The predicted octanol–water partition coefficient (Wildman–Crippen LogP) is 3.85. The minimum atomic E-state index is -0.0987. The first kappa shape index (κ1) is 19.8. The van der Waals surface area contributed by atoms with Gasteiger partial charge in [-0.25, -0.2) is 9.38 Å². The SMILES string of the molecule is CCNC(=NCc1ccsc1)NCC1CCN(Cc2ccccc2F)CC1. The smallest absolute Gasteiger partial charge is 0.191 e. The summed E-state index contributed by atoms with van der Waals surface area (Å²) in [4.78, 5) is 7.02. The van der Waals surface area contributed by atoms with Gasteiger partial charge in [-0.15, -0.1) is 0 Å². The first-order valence-corrected chi connectivity index (χ1v) is 10.7. The largest absolute Gasteiger partial charge is 0.357 e. The summed E-state index contributed by atoms with van der Waals surface area (Å²) < 4.78 is 13.8. The van der Waals surface area contributed by atoms with Crippen LogP contribution >= 0.6 is 11.3 Å². The highest BCUT2D eigenvalue weighted by atomic mass is 32.1. The molecular weight excluding hydrogens is 359 g/mol. The van der Waals surface area contributed by atoms with Gasteiger partial charge in [0.1, 0.15) is 5.82 Å². The van der Waals surface area contributed by atoms with Crippen molar-refractivity contribution in [1.82, 2.24) is 15.5 Å². The highest BCUT2D eigenvalue weighted by Gasteiger charge is 2.20. The lowest BCUT2D eigenvalue weighted by atomic mass is 9.96. The highest BCUT2D eigenvalue weighted by Crippen LogP contribution is 2.19. The maximum atomic E-state index is 13.8. The van der Waals surface area contributed by atoms with E-state index in [2.05, 4.69) is 44.3 Å². The van der Waals surface area contributed by atoms with Crippen molar-refractivity contribution in [2.75, 3.05) is 26.2 Å². The van der Waals surface area contributed by atoms with Crippen LogP contribution in [0, 0.1) is 11.7 Å². The molecule has 1 fully saturated rings. The Balaban J connectivity index is 1.42. The first-order chi connectivity index (χ1) is 13.2. The monoisotopic (exact) mass is 388 g/mol. The van der Waals surface area contributed by atoms with Gasteiger partial charge in [0.15, 0.2) is 5.96 Å². The molecule has 0 aliphatic carbocycles. The van der Waals surface area contributed by atoms with E-state index in [1.807, 2.05) is 12.1 Å². The highest BCUT2D eigenvalue weighted by molar-refractivity contribution is 7.07. The van der Waals surface area contributed by atoms with Crippen LogP contribution in [0.15, 0.2) is 46.1 Å². The maximum Gasteiger partial charge on any atom is 0.191 e. The van der Waals surface area contributed by atoms with Gasteiger partial charge >= 0.3 is 0 Å². The molecular formula is C21H29FN4S. The average Bonchev–Trinajstić information content (AvgIpc) is 3.21. The number of aliphatic imine (C=N–C) groups is 1. The normalized spacial score (nSPS) is 16.4. The molecule has 0 atom stereocenters. The quantitative estimate of drug-likeness (QED) is 0.559. The molecule has 1 saturated heterocycles. The molecule has 4 nitrogen and oxygen atoms in total. The van der Waals surface area contributed by atoms with E-state index in [4.69, 9.17) is 0 Å². The fourth-order valence-corrected chi connectivity index (χ4v) is 4.01. The third kappa shape index (κ3) is 6.33. The summed E-state index contributed by atoms with van der Waals surface area (Å²) in [5.41, 5.74) is 2.04. The van der Waals surface area contributed by atoms with E-state index < -0.39 is 0 Å². The third-order valence-electron chi connectivity index (χ3n) is 4.96. The van der Waals surface area contributed by atoms with Crippen LogP contribution in [0.3, 0.4) is 0 Å². The van der Waals surface area contributed by atoms with Gasteiger partial charge in [-0.3, -0.25) is 4.90 Å². The molecule has 2 heterocycles.